The summed E-state index contributed by atoms with van der Waals surface area (Å²) in [5, 5.41) is 3.30. The van der Waals surface area contributed by atoms with Crippen LogP contribution in [0.4, 0.5) is 0 Å². The highest BCUT2D eigenvalue weighted by atomic mass is 16.1. The molecule has 0 aromatic rings. The molecule has 2 aliphatic rings. The van der Waals surface area contributed by atoms with Gasteiger partial charge in [-0.05, 0) is 12.3 Å². The van der Waals surface area contributed by atoms with Crippen LogP contribution >= 0.6 is 0 Å². The number of nitrogens with one attached hydrogen (secondary N) is 1. The number of ketones is 1. The highest BCUT2D eigenvalue weighted by Gasteiger charge is 2.27. The zero-order valence-electron chi connectivity index (χ0n) is 8.22. The molecule has 0 bridgehead atoms. The van der Waals surface area contributed by atoms with Gasteiger partial charge in [0.25, 0.3) is 0 Å². The van der Waals surface area contributed by atoms with Crippen molar-refractivity contribution in [1.29, 1.82) is 0 Å². The second-order valence-electron chi connectivity index (χ2n) is 4.46. The summed E-state index contributed by atoms with van der Waals surface area (Å²) < 4.78 is 0. The van der Waals surface area contributed by atoms with Crippen LogP contribution in [0.15, 0.2) is 0 Å². The Morgan fingerprint density at radius 3 is 2.62 bits per heavy atom. The molecule has 1 aliphatic carbocycles. The average Bonchev–Trinajstić information content (AvgIpc) is 2.54. The van der Waals surface area contributed by atoms with Crippen LogP contribution in [0.1, 0.15) is 44.9 Å². The van der Waals surface area contributed by atoms with E-state index in [0.717, 1.165) is 25.3 Å². The van der Waals surface area contributed by atoms with E-state index < -0.39 is 0 Å². The minimum atomic E-state index is 0.211. The molecule has 1 atom stereocenters. The zero-order valence-corrected chi connectivity index (χ0v) is 8.22. The van der Waals surface area contributed by atoms with Gasteiger partial charge in [-0.3, -0.25) is 4.79 Å². The van der Waals surface area contributed by atoms with Crippen molar-refractivity contribution in [1.82, 2.24) is 5.32 Å². The lowest BCUT2D eigenvalue weighted by molar-refractivity contribution is -0.119. The molecule has 2 nitrogen and oxygen atoms in total. The van der Waals surface area contributed by atoms with Gasteiger partial charge >= 0.3 is 0 Å². The summed E-state index contributed by atoms with van der Waals surface area (Å²) in [5.74, 6) is 1.28. The first-order chi connectivity index (χ1) is 6.36. The van der Waals surface area contributed by atoms with Crippen LogP contribution in [0.25, 0.3) is 0 Å². The molecule has 13 heavy (non-hydrogen) atoms. The molecule has 1 heterocycles. The van der Waals surface area contributed by atoms with Gasteiger partial charge in [0.05, 0.1) is 6.04 Å². The number of hydrogen-bond donors (Lipinski definition) is 1. The predicted molar refractivity (Wildman–Crippen MR) is 52.6 cm³/mol. The molecular formula is C11H19NO. The predicted octanol–water partition coefficient (Wildman–Crippen LogP) is 1.89. The fourth-order valence-corrected chi connectivity index (χ4v) is 2.63. The number of hydrogen-bond acceptors (Lipinski definition) is 2. The molecule has 2 fully saturated rings. The van der Waals surface area contributed by atoms with Crippen LogP contribution in [0.5, 0.6) is 0 Å². The number of Topliss-reactive ketones (excluding diaryl/α,β-unsaturated/α-hetero) is 1. The Balaban J connectivity index is 1.79. The van der Waals surface area contributed by atoms with Crippen LogP contribution in [-0.4, -0.2) is 18.4 Å². The molecule has 0 spiro atoms. The van der Waals surface area contributed by atoms with Gasteiger partial charge in [0.1, 0.15) is 0 Å². The highest BCUT2D eigenvalue weighted by Crippen LogP contribution is 2.28. The van der Waals surface area contributed by atoms with Gasteiger partial charge in [-0.15, -0.1) is 0 Å². The largest absolute Gasteiger partial charge is 0.307 e. The van der Waals surface area contributed by atoms with Gasteiger partial charge in [-0.25, -0.2) is 0 Å². The van der Waals surface area contributed by atoms with E-state index in [-0.39, 0.29) is 6.04 Å². The van der Waals surface area contributed by atoms with Crippen molar-refractivity contribution in [3.05, 3.63) is 0 Å². The first-order valence-corrected chi connectivity index (χ1v) is 5.62. The summed E-state index contributed by atoms with van der Waals surface area (Å²) in [6.07, 6.45) is 8.74. The van der Waals surface area contributed by atoms with Crippen molar-refractivity contribution in [2.75, 3.05) is 6.54 Å². The maximum Gasteiger partial charge on any atom is 0.151 e. The summed E-state index contributed by atoms with van der Waals surface area (Å²) >= 11 is 0. The van der Waals surface area contributed by atoms with Crippen LogP contribution in [0.3, 0.4) is 0 Å². The van der Waals surface area contributed by atoms with Crippen LogP contribution in [-0.2, 0) is 4.79 Å². The Bertz CT molecular complexity index is 185. The average molecular weight is 181 g/mol. The van der Waals surface area contributed by atoms with Crippen molar-refractivity contribution >= 4 is 5.78 Å². The molecule has 0 aromatic heterocycles. The number of rotatable bonds is 2. The smallest absolute Gasteiger partial charge is 0.151 e. The molecule has 2 heteroatoms. The monoisotopic (exact) mass is 181 g/mol. The van der Waals surface area contributed by atoms with E-state index in [9.17, 15) is 4.79 Å². The van der Waals surface area contributed by atoms with E-state index in [1.165, 1.54) is 32.1 Å². The standard InChI is InChI=1S/C11H19NO/c13-11-6-7-12-10(11)8-9-4-2-1-3-5-9/h9-10,12H,1-8H2. The molecule has 1 unspecified atom stereocenters. The van der Waals surface area contributed by atoms with Crippen LogP contribution in [0.2, 0.25) is 0 Å². The van der Waals surface area contributed by atoms with E-state index in [1.807, 2.05) is 0 Å². The fraction of sp³-hybridized carbons (Fsp3) is 0.909. The molecule has 1 aliphatic heterocycles. The van der Waals surface area contributed by atoms with Crippen molar-refractivity contribution < 1.29 is 4.79 Å². The first kappa shape index (κ1) is 9.20. The van der Waals surface area contributed by atoms with E-state index in [0.29, 0.717) is 5.78 Å². The van der Waals surface area contributed by atoms with Gasteiger partial charge in [-0.2, -0.15) is 0 Å². The molecule has 0 aromatic carbocycles. The Kier molecular flexibility index (Phi) is 2.99. The molecular weight excluding hydrogens is 162 g/mol. The Morgan fingerprint density at radius 2 is 2.00 bits per heavy atom. The summed E-state index contributed by atoms with van der Waals surface area (Å²) in [6.45, 7) is 0.913. The van der Waals surface area contributed by atoms with Crippen LogP contribution in [0, 0.1) is 5.92 Å². The lowest BCUT2D eigenvalue weighted by Crippen LogP contribution is -2.30. The molecule has 74 valence electrons. The van der Waals surface area contributed by atoms with Crippen molar-refractivity contribution in [3.8, 4) is 0 Å². The van der Waals surface area contributed by atoms with Crippen LogP contribution < -0.4 is 5.32 Å². The second-order valence-corrected chi connectivity index (χ2v) is 4.46. The lowest BCUT2D eigenvalue weighted by Gasteiger charge is -2.23. The van der Waals surface area contributed by atoms with E-state index >= 15 is 0 Å². The third-order valence-corrected chi connectivity index (χ3v) is 3.44. The second kappa shape index (κ2) is 4.23. The molecule has 0 amide bonds. The minimum Gasteiger partial charge on any atom is -0.307 e. The van der Waals surface area contributed by atoms with Gasteiger partial charge in [0.15, 0.2) is 5.78 Å². The van der Waals surface area contributed by atoms with Gasteiger partial charge < -0.3 is 5.32 Å². The van der Waals surface area contributed by atoms with Crippen molar-refractivity contribution in [3.63, 3.8) is 0 Å². The van der Waals surface area contributed by atoms with E-state index in [4.69, 9.17) is 0 Å². The number of carbonyl (C=O) groups is 1. The zero-order chi connectivity index (χ0) is 9.10. The van der Waals surface area contributed by atoms with Gasteiger partial charge in [-0.1, -0.05) is 32.1 Å². The molecule has 1 N–H and O–H groups in total. The lowest BCUT2D eigenvalue weighted by atomic mass is 9.84. The Hall–Kier alpha value is -0.370. The Morgan fingerprint density at radius 1 is 1.23 bits per heavy atom. The summed E-state index contributed by atoms with van der Waals surface area (Å²) in [4.78, 5) is 11.4. The fourth-order valence-electron chi connectivity index (χ4n) is 2.63. The topological polar surface area (TPSA) is 29.1 Å². The number of carbonyl (C=O) groups excluding carboxylic acids is 1. The molecule has 2 rings (SSSR count). The quantitative estimate of drug-likeness (QED) is 0.705. The maximum atomic E-state index is 11.4. The molecule has 1 saturated heterocycles. The van der Waals surface area contributed by atoms with Gasteiger partial charge in [0, 0.05) is 13.0 Å². The third kappa shape index (κ3) is 2.31. The summed E-state index contributed by atoms with van der Waals surface area (Å²) in [6, 6.07) is 0.211. The maximum absolute atomic E-state index is 11.4. The van der Waals surface area contributed by atoms with Crippen molar-refractivity contribution in [2.24, 2.45) is 5.92 Å². The highest BCUT2D eigenvalue weighted by molar-refractivity contribution is 5.86. The van der Waals surface area contributed by atoms with Gasteiger partial charge in [0.2, 0.25) is 0 Å². The SMILES string of the molecule is O=C1CCNC1CC1CCCCC1. The third-order valence-electron chi connectivity index (χ3n) is 3.44. The van der Waals surface area contributed by atoms with E-state index in [2.05, 4.69) is 5.32 Å². The first-order valence-electron chi connectivity index (χ1n) is 5.62. The summed E-state index contributed by atoms with van der Waals surface area (Å²) in [7, 11) is 0. The minimum absolute atomic E-state index is 0.211. The summed E-state index contributed by atoms with van der Waals surface area (Å²) in [5.41, 5.74) is 0. The normalized spacial score (nSPS) is 31.1. The molecule has 1 saturated carbocycles. The van der Waals surface area contributed by atoms with E-state index in [1.54, 1.807) is 0 Å². The van der Waals surface area contributed by atoms with Crippen molar-refractivity contribution in [2.45, 2.75) is 51.0 Å². The Labute approximate surface area is 80.1 Å². The molecule has 0 radical (unpaired) electrons.